The summed E-state index contributed by atoms with van der Waals surface area (Å²) in [5.74, 6) is -114. The quantitative estimate of drug-likeness (QED) is 0.136. The Morgan fingerprint density at radius 3 is 0.442 bits per heavy atom. The number of hydrogen-bond donors (Lipinski definition) is 1. The van der Waals surface area contributed by atoms with E-state index in [4.69, 9.17) is 4.89 Å². The molecule has 1 N–H and O–H groups in total. The van der Waals surface area contributed by atoms with E-state index in [1.165, 1.54) is 0 Å². The van der Waals surface area contributed by atoms with Gasteiger partial charge in [-0.25, -0.2) is 0 Å². The largest absolute Gasteiger partial charge is 0.460 e. The predicted molar refractivity (Wildman–Crippen MR) is 90.5 cm³/mol. The second kappa shape index (κ2) is 12.0. The van der Waals surface area contributed by atoms with Crippen molar-refractivity contribution in [2.45, 2.75) is 94.8 Å². The van der Waals surface area contributed by atoms with Gasteiger partial charge in [-0.2, -0.15) is 149 Å². The Morgan fingerprint density at radius 1 is 0.192 bits per heavy atom. The molecule has 52 heavy (non-hydrogen) atoms. The van der Waals surface area contributed by atoms with Gasteiger partial charge in [0, 0.05) is 0 Å². The van der Waals surface area contributed by atoms with E-state index in [1.54, 1.807) is 0 Å². The van der Waals surface area contributed by atoms with Gasteiger partial charge in [-0.1, -0.05) is 0 Å². The van der Waals surface area contributed by atoms with E-state index in [9.17, 15) is 149 Å². The first-order chi connectivity index (χ1) is 21.7. The Labute approximate surface area is 258 Å². The number of alkyl halides is 34. The molecule has 0 amide bonds. The van der Waals surface area contributed by atoms with Crippen LogP contribution in [0.2, 0.25) is 0 Å². The molecule has 0 aliphatic heterocycles. The van der Waals surface area contributed by atoms with E-state index in [1.807, 2.05) is 0 Å². The summed E-state index contributed by atoms with van der Waals surface area (Å²) < 4.78 is 449. The molecule has 0 saturated heterocycles. The van der Waals surface area contributed by atoms with Crippen molar-refractivity contribution in [2.75, 3.05) is 0 Å². The average Bonchev–Trinajstić information content (AvgIpc) is 2.89. The van der Waals surface area contributed by atoms with E-state index >= 15 is 0 Å². The molecule has 0 heterocycles. The van der Waals surface area contributed by atoms with E-state index in [2.05, 4.69) is 0 Å². The number of rotatable bonds is 14. The van der Waals surface area contributed by atoms with Gasteiger partial charge in [-0.05, 0) is 0 Å². The van der Waals surface area contributed by atoms with Gasteiger partial charge in [0.25, 0.3) is 0 Å². The van der Waals surface area contributed by atoms with Crippen molar-refractivity contribution in [2.24, 2.45) is 0 Å². The molecule has 0 aliphatic carbocycles. The second-order valence-electron chi connectivity index (χ2n) is 9.28. The van der Waals surface area contributed by atoms with Gasteiger partial charge in [-0.15, -0.1) is 0 Å². The summed E-state index contributed by atoms with van der Waals surface area (Å²) >= 11 is 0. The molecule has 0 fully saturated rings. The molecule has 314 valence electrons. The third kappa shape index (κ3) is 5.74. The minimum atomic E-state index is -9.81. The van der Waals surface area contributed by atoms with Crippen molar-refractivity contribution in [3.05, 3.63) is 0 Å². The van der Waals surface area contributed by atoms with Gasteiger partial charge in [0.15, 0.2) is 8.15 Å². The summed E-state index contributed by atoms with van der Waals surface area (Å²) in [6, 6.07) is 0. The lowest BCUT2D eigenvalue weighted by Crippen LogP contribution is -2.75. The lowest BCUT2D eigenvalue weighted by Gasteiger charge is -2.45. The van der Waals surface area contributed by atoms with Gasteiger partial charge in [0.05, 0.1) is 0 Å². The Bertz CT molecular complexity index is 1200. The molecule has 1 nitrogen and oxygen atoms in total. The fraction of sp³-hybridized carbons (Fsp3) is 1.00. The van der Waals surface area contributed by atoms with Gasteiger partial charge in [-0.3, -0.25) is 0 Å². The topological polar surface area (TPSA) is 20.2 Å². The Balaban J connectivity index is 7.56. The SMILES string of the molecule is OP(C(F)(F)C(F)(F)C(F)(F)C(F)(F)C(F)(F)C(F)(F)C(F)(F)C(F)(F)F)C(F)(F)C(F)(F)C(F)(F)C(F)(F)C(F)(F)C(F)(F)C(F)(F)C(F)(F)F. The zero-order chi connectivity index (χ0) is 43.6. The van der Waals surface area contributed by atoms with E-state index in [0.29, 0.717) is 0 Å². The standard InChI is InChI=1S/C16HF34OP/c17-1(18,5(25,26)9(33,34)13(41,42)43)3(21,22)7(29,30)11(37,38)15(47,48)52(51)16(49,50)12(39,40)8(31,32)4(23,24)2(19,20)6(27,28)10(35,36)14(44,45)46/h51H. The minimum absolute atomic E-state index is 8.35. The summed E-state index contributed by atoms with van der Waals surface area (Å²) in [4.78, 5) is 8.47. The fourth-order valence-corrected chi connectivity index (χ4v) is 3.92. The molecular weight excluding hydrogens is 885 g/mol. The average molecular weight is 886 g/mol. The Hall–Kier alpha value is -1.99. The van der Waals surface area contributed by atoms with Crippen molar-refractivity contribution in [1.29, 1.82) is 0 Å². The highest BCUT2D eigenvalue weighted by Gasteiger charge is 2.99. The van der Waals surface area contributed by atoms with Crippen LogP contribution in [0.3, 0.4) is 0 Å². The summed E-state index contributed by atoms with van der Waals surface area (Å²) in [7, 11) is -8.79. The molecule has 0 unspecified atom stereocenters. The maximum Gasteiger partial charge on any atom is 0.460 e. The highest BCUT2D eigenvalue weighted by atomic mass is 31.1. The monoisotopic (exact) mass is 886 g/mol. The van der Waals surface area contributed by atoms with E-state index < -0.39 is 103 Å². The van der Waals surface area contributed by atoms with Gasteiger partial charge in [0.1, 0.15) is 0 Å². The third-order valence-corrected chi connectivity index (χ3v) is 7.57. The zero-order valence-corrected chi connectivity index (χ0v) is 22.6. The van der Waals surface area contributed by atoms with Crippen LogP contribution in [0.1, 0.15) is 0 Å². The first-order valence-electron chi connectivity index (χ1n) is 10.6. The van der Waals surface area contributed by atoms with Crippen LogP contribution in [0.4, 0.5) is 149 Å². The van der Waals surface area contributed by atoms with Crippen LogP contribution in [0.5, 0.6) is 0 Å². The van der Waals surface area contributed by atoms with Crippen LogP contribution < -0.4 is 0 Å². The zero-order valence-electron chi connectivity index (χ0n) is 21.7. The predicted octanol–water partition coefficient (Wildman–Crippen LogP) is 11.3. The first-order valence-corrected chi connectivity index (χ1v) is 11.9. The number of halogens is 34. The van der Waals surface area contributed by atoms with Gasteiger partial charge in [0.2, 0.25) is 0 Å². The van der Waals surface area contributed by atoms with Crippen LogP contribution in [0, 0.1) is 0 Å². The molecule has 36 heteroatoms. The maximum atomic E-state index is 13.9. The molecule has 0 rings (SSSR count). The van der Waals surface area contributed by atoms with E-state index in [-0.39, 0.29) is 0 Å². The first kappa shape index (κ1) is 50.0. The Kier molecular flexibility index (Phi) is 11.5. The smallest absolute Gasteiger partial charge is 0.363 e. The van der Waals surface area contributed by atoms with Crippen molar-refractivity contribution in [3.63, 3.8) is 0 Å². The summed E-state index contributed by atoms with van der Waals surface area (Å²) in [5.41, 5.74) is -18.6. The van der Waals surface area contributed by atoms with E-state index in [0.717, 1.165) is 0 Å². The van der Waals surface area contributed by atoms with Gasteiger partial charge < -0.3 is 4.89 Å². The maximum absolute atomic E-state index is 13.9. The summed E-state index contributed by atoms with van der Waals surface area (Å²) in [6.45, 7) is 0. The summed E-state index contributed by atoms with van der Waals surface area (Å²) in [6.07, 6.45) is -16.7. The molecule has 0 bridgehead atoms. The minimum Gasteiger partial charge on any atom is -0.363 e. The van der Waals surface area contributed by atoms with Crippen molar-refractivity contribution in [1.82, 2.24) is 0 Å². The van der Waals surface area contributed by atoms with Crippen LogP contribution in [0.25, 0.3) is 0 Å². The van der Waals surface area contributed by atoms with Crippen LogP contribution in [-0.2, 0) is 0 Å². The molecule has 0 aromatic carbocycles. The summed E-state index contributed by atoms with van der Waals surface area (Å²) in [5, 5.41) is 0. The molecule has 0 atom stereocenters. The van der Waals surface area contributed by atoms with Crippen molar-refractivity contribution in [3.8, 4) is 0 Å². The second-order valence-corrected chi connectivity index (χ2v) is 11.0. The van der Waals surface area contributed by atoms with Crippen LogP contribution in [0.15, 0.2) is 0 Å². The normalized spacial score (nSPS) is 17.3. The third-order valence-electron chi connectivity index (χ3n) is 5.94. The molecule has 0 saturated carbocycles. The van der Waals surface area contributed by atoms with Crippen LogP contribution >= 0.6 is 8.15 Å². The molecule has 0 radical (unpaired) electrons. The molecule has 0 spiro atoms. The molecular formula is C16HF34OP. The highest BCUT2D eigenvalue weighted by molar-refractivity contribution is 7.54. The fourth-order valence-electron chi connectivity index (χ4n) is 2.75. The van der Waals surface area contributed by atoms with Crippen LogP contribution in [-0.4, -0.2) is 99.6 Å². The lowest BCUT2D eigenvalue weighted by molar-refractivity contribution is -0.460. The highest BCUT2D eigenvalue weighted by Crippen LogP contribution is 2.76. The van der Waals surface area contributed by atoms with Crippen molar-refractivity contribution < 1.29 is 154 Å². The lowest BCUT2D eigenvalue weighted by atomic mass is 9.91. The molecule has 0 aromatic rings. The molecule has 0 aliphatic rings. The molecule has 0 aromatic heterocycles. The van der Waals surface area contributed by atoms with Crippen molar-refractivity contribution >= 4 is 8.15 Å². The van der Waals surface area contributed by atoms with Gasteiger partial charge >= 0.3 is 94.8 Å². The Morgan fingerprint density at radius 2 is 0.308 bits per heavy atom. The number of hydrogen-bond acceptors (Lipinski definition) is 1.